The van der Waals surface area contributed by atoms with Crippen molar-refractivity contribution < 1.29 is 13.9 Å². The molecule has 11 heteroatoms. The van der Waals surface area contributed by atoms with Crippen molar-refractivity contribution in [2.45, 2.75) is 44.2 Å². The van der Waals surface area contributed by atoms with E-state index in [0.29, 0.717) is 37.6 Å². The number of carbonyl (C=O) groups is 1. The van der Waals surface area contributed by atoms with E-state index < -0.39 is 5.82 Å². The van der Waals surface area contributed by atoms with Crippen LogP contribution in [0.1, 0.15) is 52.8 Å². The highest BCUT2D eigenvalue weighted by atomic mass is 19.1. The second-order valence-corrected chi connectivity index (χ2v) is 9.91. The molecule has 6 rings (SSSR count). The molecule has 2 saturated heterocycles. The first-order valence-corrected chi connectivity index (χ1v) is 12.6. The highest BCUT2D eigenvalue weighted by Crippen LogP contribution is 2.35. The summed E-state index contributed by atoms with van der Waals surface area (Å²) >= 11 is 0. The van der Waals surface area contributed by atoms with E-state index in [1.165, 1.54) is 17.1 Å². The van der Waals surface area contributed by atoms with Crippen LogP contribution >= 0.6 is 0 Å². The molecule has 0 spiro atoms. The summed E-state index contributed by atoms with van der Waals surface area (Å²) in [5.41, 5.74) is 3.49. The van der Waals surface area contributed by atoms with Crippen LogP contribution < -0.4 is 0 Å². The number of nitriles is 1. The number of pyridine rings is 1. The summed E-state index contributed by atoms with van der Waals surface area (Å²) in [7, 11) is 0. The lowest BCUT2D eigenvalue weighted by Gasteiger charge is -2.47. The van der Waals surface area contributed by atoms with E-state index in [-0.39, 0.29) is 29.5 Å². The van der Waals surface area contributed by atoms with Crippen molar-refractivity contribution in [3.63, 3.8) is 0 Å². The number of halogens is 1. The van der Waals surface area contributed by atoms with Gasteiger partial charge in [-0.25, -0.2) is 9.37 Å². The number of tetrazole rings is 1. The van der Waals surface area contributed by atoms with Crippen LogP contribution in [0.5, 0.6) is 0 Å². The van der Waals surface area contributed by atoms with Crippen LogP contribution in [-0.2, 0) is 16.0 Å². The van der Waals surface area contributed by atoms with Crippen LogP contribution in [0.25, 0.3) is 5.82 Å². The predicted octanol–water partition coefficient (Wildman–Crippen LogP) is 2.08. The fourth-order valence-corrected chi connectivity index (χ4v) is 5.87. The predicted molar refractivity (Wildman–Crippen MR) is 129 cm³/mol. The smallest absolute Gasteiger partial charge is 0.230 e. The molecule has 3 aliphatic rings. The number of benzene rings is 1. The standard InChI is InChI=1S/C26H27FN8O2/c1-16-18(5-7-22(27)21(16)11-28)24-13-33-9-10-34(12-17(33)14-37-24)26(36)20-3-2-4-23-19(20)6-8-25(30-23)35-15-29-31-32-35/h5-8,15,17,20,24H,2-4,9-10,12-14H2,1H3/t17-,20?,24+/m0/s1. The highest BCUT2D eigenvalue weighted by Gasteiger charge is 2.39. The molecule has 1 amide bonds. The number of carbonyl (C=O) groups excluding carboxylic acids is 1. The molecule has 3 aromatic rings. The number of amides is 1. The van der Waals surface area contributed by atoms with Gasteiger partial charge in [-0.15, -0.1) is 5.10 Å². The van der Waals surface area contributed by atoms with Crippen molar-refractivity contribution >= 4 is 5.91 Å². The Morgan fingerprint density at radius 3 is 2.86 bits per heavy atom. The highest BCUT2D eigenvalue weighted by molar-refractivity contribution is 5.84. The molecule has 1 aliphatic carbocycles. The van der Waals surface area contributed by atoms with Crippen molar-refractivity contribution in [1.29, 1.82) is 5.26 Å². The van der Waals surface area contributed by atoms with Gasteiger partial charge in [0.1, 0.15) is 18.2 Å². The fourth-order valence-electron chi connectivity index (χ4n) is 5.87. The normalized spacial score (nSPS) is 23.7. The van der Waals surface area contributed by atoms with Gasteiger partial charge in [-0.2, -0.15) is 9.94 Å². The summed E-state index contributed by atoms with van der Waals surface area (Å²) in [6.45, 7) is 4.91. The molecule has 1 aromatic carbocycles. The molecule has 190 valence electrons. The summed E-state index contributed by atoms with van der Waals surface area (Å²) in [4.78, 5) is 22.7. The molecular weight excluding hydrogens is 475 g/mol. The fraction of sp³-hybridized carbons (Fsp3) is 0.462. The summed E-state index contributed by atoms with van der Waals surface area (Å²) < 4.78 is 21.7. The average Bonchev–Trinajstić information content (AvgIpc) is 3.47. The van der Waals surface area contributed by atoms with Crippen molar-refractivity contribution in [3.05, 3.63) is 64.4 Å². The van der Waals surface area contributed by atoms with E-state index in [4.69, 9.17) is 9.72 Å². The molecule has 4 heterocycles. The minimum absolute atomic E-state index is 0.0750. The molecule has 2 aliphatic heterocycles. The molecule has 2 aromatic heterocycles. The zero-order valence-electron chi connectivity index (χ0n) is 20.5. The SMILES string of the molecule is Cc1c([C@H]2CN3CCN(C(=O)C4CCCc5nc(-n6cnnn6)ccc54)C[C@H]3CO2)ccc(F)c1C#N. The number of aryl methyl sites for hydroxylation is 1. The van der Waals surface area contributed by atoms with Crippen LogP contribution in [0.4, 0.5) is 4.39 Å². The lowest BCUT2D eigenvalue weighted by Crippen LogP contribution is -2.60. The average molecular weight is 503 g/mol. The number of aromatic nitrogens is 5. The third kappa shape index (κ3) is 4.26. The van der Waals surface area contributed by atoms with Gasteiger partial charge in [0.25, 0.3) is 0 Å². The van der Waals surface area contributed by atoms with Gasteiger partial charge in [0.15, 0.2) is 5.82 Å². The molecular formula is C26H27FN8O2. The Bertz CT molecular complexity index is 1370. The third-order valence-corrected chi connectivity index (χ3v) is 7.88. The Balaban J connectivity index is 1.14. The number of rotatable bonds is 3. The largest absolute Gasteiger partial charge is 0.370 e. The number of fused-ring (bicyclic) bond motifs is 2. The number of hydrogen-bond donors (Lipinski definition) is 0. The lowest BCUT2D eigenvalue weighted by molar-refractivity contribution is -0.142. The van der Waals surface area contributed by atoms with Gasteiger partial charge in [-0.3, -0.25) is 9.69 Å². The van der Waals surface area contributed by atoms with Crippen LogP contribution in [0.15, 0.2) is 30.6 Å². The molecule has 1 unspecified atom stereocenters. The second kappa shape index (κ2) is 9.61. The molecule has 0 N–H and O–H groups in total. The Labute approximate surface area is 213 Å². The van der Waals surface area contributed by atoms with E-state index in [1.807, 2.05) is 23.1 Å². The van der Waals surface area contributed by atoms with E-state index in [9.17, 15) is 14.4 Å². The van der Waals surface area contributed by atoms with Gasteiger partial charge in [-0.1, -0.05) is 12.1 Å². The quantitative estimate of drug-likeness (QED) is 0.535. The first kappa shape index (κ1) is 23.6. The summed E-state index contributed by atoms with van der Waals surface area (Å²) in [6.07, 6.45) is 3.84. The first-order valence-electron chi connectivity index (χ1n) is 12.6. The lowest BCUT2D eigenvalue weighted by atomic mass is 9.84. The maximum Gasteiger partial charge on any atom is 0.230 e. The van der Waals surface area contributed by atoms with Gasteiger partial charge in [0, 0.05) is 31.9 Å². The van der Waals surface area contributed by atoms with Gasteiger partial charge in [-0.05, 0) is 65.4 Å². The number of morpholine rings is 1. The minimum atomic E-state index is -0.504. The van der Waals surface area contributed by atoms with Crippen molar-refractivity contribution in [2.24, 2.45) is 0 Å². The van der Waals surface area contributed by atoms with E-state index in [0.717, 1.165) is 42.6 Å². The number of piperazine rings is 1. The molecule has 0 bridgehead atoms. The molecule has 0 saturated carbocycles. The van der Waals surface area contributed by atoms with Crippen LogP contribution in [0, 0.1) is 24.1 Å². The van der Waals surface area contributed by atoms with E-state index in [2.05, 4.69) is 20.4 Å². The number of hydrogen-bond acceptors (Lipinski definition) is 8. The topological polar surface area (TPSA) is 113 Å². The van der Waals surface area contributed by atoms with Crippen LogP contribution in [0.3, 0.4) is 0 Å². The van der Waals surface area contributed by atoms with E-state index >= 15 is 0 Å². The summed E-state index contributed by atoms with van der Waals surface area (Å²) in [5, 5.41) is 20.6. The minimum Gasteiger partial charge on any atom is -0.370 e. The Morgan fingerprint density at radius 1 is 1.19 bits per heavy atom. The van der Waals surface area contributed by atoms with Gasteiger partial charge in [0.05, 0.1) is 30.2 Å². The molecule has 2 fully saturated rings. The Kier molecular flexibility index (Phi) is 6.14. The first-order chi connectivity index (χ1) is 18.0. The van der Waals surface area contributed by atoms with Gasteiger partial charge < -0.3 is 9.64 Å². The zero-order chi connectivity index (χ0) is 25.5. The maximum atomic E-state index is 14.0. The van der Waals surface area contributed by atoms with E-state index in [1.54, 1.807) is 13.0 Å². The maximum absolute atomic E-state index is 14.0. The molecule has 0 radical (unpaired) electrons. The Morgan fingerprint density at radius 2 is 2.05 bits per heavy atom. The zero-order valence-corrected chi connectivity index (χ0v) is 20.5. The molecule has 3 atom stereocenters. The number of nitrogens with zero attached hydrogens (tertiary/aromatic N) is 8. The van der Waals surface area contributed by atoms with Crippen molar-refractivity contribution in [3.8, 4) is 11.9 Å². The summed E-state index contributed by atoms with van der Waals surface area (Å²) in [5.74, 6) is 0.0929. The van der Waals surface area contributed by atoms with Gasteiger partial charge in [0.2, 0.25) is 5.91 Å². The van der Waals surface area contributed by atoms with Crippen LogP contribution in [0.2, 0.25) is 0 Å². The van der Waals surface area contributed by atoms with Crippen LogP contribution in [-0.4, -0.2) is 79.7 Å². The molecule has 37 heavy (non-hydrogen) atoms. The Hall–Kier alpha value is -3.75. The third-order valence-electron chi connectivity index (χ3n) is 7.88. The van der Waals surface area contributed by atoms with Crippen molar-refractivity contribution in [1.82, 2.24) is 35.0 Å². The molecule has 10 nitrogen and oxygen atoms in total. The number of ether oxygens (including phenoxy) is 1. The monoisotopic (exact) mass is 502 g/mol. The summed E-state index contributed by atoms with van der Waals surface area (Å²) in [6, 6.07) is 8.99. The van der Waals surface area contributed by atoms with Gasteiger partial charge >= 0.3 is 0 Å². The van der Waals surface area contributed by atoms with Crippen molar-refractivity contribution in [2.75, 3.05) is 32.8 Å². The second-order valence-electron chi connectivity index (χ2n) is 9.91.